The van der Waals surface area contributed by atoms with Crippen LogP contribution in [-0.4, -0.2) is 12.7 Å². The van der Waals surface area contributed by atoms with E-state index in [0.717, 1.165) is 22.6 Å². The Morgan fingerprint density at radius 3 is 2.57 bits per heavy atom. The zero-order valence-electron chi connectivity index (χ0n) is 12.1. The average Bonchev–Trinajstić information content (AvgIpc) is 2.96. The van der Waals surface area contributed by atoms with Crippen LogP contribution in [0.3, 0.4) is 0 Å². The molecule has 0 unspecified atom stereocenters. The van der Waals surface area contributed by atoms with Gasteiger partial charge in [-0.15, -0.1) is 0 Å². The quantitative estimate of drug-likeness (QED) is 0.938. The van der Waals surface area contributed by atoms with E-state index in [-0.39, 0.29) is 18.6 Å². The summed E-state index contributed by atoms with van der Waals surface area (Å²) in [6, 6.07) is 13.4. The smallest absolute Gasteiger partial charge is 0.231 e. The van der Waals surface area contributed by atoms with Gasteiger partial charge in [-0.3, -0.25) is 4.79 Å². The Balaban J connectivity index is 1.73. The van der Waals surface area contributed by atoms with Crippen molar-refractivity contribution in [3.8, 4) is 11.5 Å². The lowest BCUT2D eigenvalue weighted by atomic mass is 9.99. The lowest BCUT2D eigenvalue weighted by molar-refractivity contribution is -0.117. The second-order valence-electron chi connectivity index (χ2n) is 5.19. The molecule has 108 valence electrons. The van der Waals surface area contributed by atoms with Crippen molar-refractivity contribution in [3.63, 3.8) is 0 Å². The topological polar surface area (TPSA) is 47.6 Å². The maximum absolute atomic E-state index is 12.3. The molecule has 3 rings (SSSR count). The van der Waals surface area contributed by atoms with Gasteiger partial charge < -0.3 is 14.8 Å². The van der Waals surface area contributed by atoms with Gasteiger partial charge in [0.1, 0.15) is 0 Å². The van der Waals surface area contributed by atoms with Crippen molar-refractivity contribution in [3.05, 3.63) is 53.6 Å². The summed E-state index contributed by atoms with van der Waals surface area (Å²) in [4.78, 5) is 12.3. The molecule has 0 radical (unpaired) electrons. The van der Waals surface area contributed by atoms with E-state index in [1.165, 1.54) is 0 Å². The zero-order chi connectivity index (χ0) is 14.8. The Morgan fingerprint density at radius 2 is 1.81 bits per heavy atom. The number of hydrogen-bond donors (Lipinski definition) is 1. The number of carbonyl (C=O) groups excluding carboxylic acids is 1. The first-order valence-electron chi connectivity index (χ1n) is 6.90. The molecule has 0 fully saturated rings. The summed E-state index contributed by atoms with van der Waals surface area (Å²) in [5.74, 6) is 1.12. The number of anilines is 1. The Kier molecular flexibility index (Phi) is 3.52. The van der Waals surface area contributed by atoms with Crippen LogP contribution in [0.5, 0.6) is 11.5 Å². The van der Waals surface area contributed by atoms with Crippen LogP contribution >= 0.6 is 0 Å². The molecule has 21 heavy (non-hydrogen) atoms. The predicted molar refractivity (Wildman–Crippen MR) is 80.8 cm³/mol. The molecule has 1 aliphatic heterocycles. The fourth-order valence-electron chi connectivity index (χ4n) is 2.22. The number of fused-ring (bicyclic) bond motifs is 1. The van der Waals surface area contributed by atoms with Crippen LogP contribution in [0.1, 0.15) is 24.0 Å². The minimum absolute atomic E-state index is 0.0438. The van der Waals surface area contributed by atoms with E-state index in [4.69, 9.17) is 9.47 Å². The van der Waals surface area contributed by atoms with Crippen LogP contribution in [0, 0.1) is 6.92 Å². The van der Waals surface area contributed by atoms with Crippen molar-refractivity contribution in [2.75, 3.05) is 12.1 Å². The Hall–Kier alpha value is -2.49. The standard InChI is InChI=1S/C17H17NO3/c1-11-3-6-14(7-4-11)18-17(19)12(2)13-5-8-15-16(9-13)21-10-20-15/h3-9,12H,10H2,1-2H3,(H,18,19)/t12-/m1/s1. The maximum atomic E-state index is 12.3. The third kappa shape index (κ3) is 2.84. The number of rotatable bonds is 3. The van der Waals surface area contributed by atoms with E-state index < -0.39 is 0 Å². The van der Waals surface area contributed by atoms with E-state index in [0.29, 0.717) is 5.75 Å². The molecule has 1 heterocycles. The average molecular weight is 283 g/mol. The van der Waals surface area contributed by atoms with Crippen LogP contribution in [-0.2, 0) is 4.79 Å². The Bertz CT molecular complexity index is 664. The number of carbonyl (C=O) groups is 1. The van der Waals surface area contributed by atoms with Gasteiger partial charge in [-0.2, -0.15) is 0 Å². The second kappa shape index (κ2) is 5.48. The zero-order valence-corrected chi connectivity index (χ0v) is 12.1. The van der Waals surface area contributed by atoms with Gasteiger partial charge in [0.2, 0.25) is 12.7 Å². The molecule has 1 amide bonds. The van der Waals surface area contributed by atoms with Crippen LogP contribution in [0.15, 0.2) is 42.5 Å². The number of hydrogen-bond acceptors (Lipinski definition) is 3. The molecule has 0 saturated heterocycles. The van der Waals surface area contributed by atoms with Gasteiger partial charge in [-0.05, 0) is 43.7 Å². The van der Waals surface area contributed by atoms with Crippen molar-refractivity contribution >= 4 is 11.6 Å². The van der Waals surface area contributed by atoms with Crippen LogP contribution in [0.4, 0.5) is 5.69 Å². The molecule has 0 saturated carbocycles. The van der Waals surface area contributed by atoms with E-state index >= 15 is 0 Å². The van der Waals surface area contributed by atoms with Gasteiger partial charge in [-0.25, -0.2) is 0 Å². The number of aryl methyl sites for hydroxylation is 1. The first-order valence-corrected chi connectivity index (χ1v) is 6.90. The highest BCUT2D eigenvalue weighted by Gasteiger charge is 2.20. The molecule has 0 aromatic heterocycles. The molecule has 2 aromatic rings. The fraction of sp³-hybridized carbons (Fsp3) is 0.235. The van der Waals surface area contributed by atoms with Gasteiger partial charge in [0.05, 0.1) is 5.92 Å². The summed E-state index contributed by atoms with van der Waals surface area (Å²) < 4.78 is 10.6. The van der Waals surface area contributed by atoms with Crippen molar-refractivity contribution in [1.29, 1.82) is 0 Å². The minimum atomic E-state index is -0.263. The van der Waals surface area contributed by atoms with E-state index in [1.54, 1.807) is 0 Å². The summed E-state index contributed by atoms with van der Waals surface area (Å²) in [6.45, 7) is 4.13. The fourth-order valence-corrected chi connectivity index (χ4v) is 2.22. The van der Waals surface area contributed by atoms with Crippen LogP contribution in [0.25, 0.3) is 0 Å². The summed E-state index contributed by atoms with van der Waals surface area (Å²) in [5, 5.41) is 2.92. The molecule has 1 N–H and O–H groups in total. The molecule has 2 aromatic carbocycles. The lowest BCUT2D eigenvalue weighted by Crippen LogP contribution is -2.18. The highest BCUT2D eigenvalue weighted by molar-refractivity contribution is 5.95. The molecule has 0 spiro atoms. The van der Waals surface area contributed by atoms with Gasteiger partial charge >= 0.3 is 0 Å². The monoisotopic (exact) mass is 283 g/mol. The SMILES string of the molecule is Cc1ccc(NC(=O)[C@H](C)c2ccc3c(c2)OCO3)cc1. The number of amides is 1. The van der Waals surface area contributed by atoms with Crippen molar-refractivity contribution in [2.45, 2.75) is 19.8 Å². The predicted octanol–water partition coefficient (Wildman–Crippen LogP) is 3.47. The van der Waals surface area contributed by atoms with Gasteiger partial charge in [0.15, 0.2) is 11.5 Å². The normalized spacial score (nSPS) is 13.8. The van der Waals surface area contributed by atoms with Gasteiger partial charge in [0, 0.05) is 5.69 Å². The molecule has 1 aliphatic rings. The van der Waals surface area contributed by atoms with Crippen LogP contribution in [0.2, 0.25) is 0 Å². The van der Waals surface area contributed by atoms with E-state index in [1.807, 2.05) is 56.3 Å². The molecular formula is C17H17NO3. The van der Waals surface area contributed by atoms with Crippen molar-refractivity contribution in [1.82, 2.24) is 0 Å². The summed E-state index contributed by atoms with van der Waals surface area (Å²) in [6.07, 6.45) is 0. The second-order valence-corrected chi connectivity index (χ2v) is 5.19. The third-order valence-corrected chi connectivity index (χ3v) is 3.61. The summed E-state index contributed by atoms with van der Waals surface area (Å²) >= 11 is 0. The molecular weight excluding hydrogens is 266 g/mol. The lowest BCUT2D eigenvalue weighted by Gasteiger charge is -2.13. The largest absolute Gasteiger partial charge is 0.454 e. The molecule has 4 heteroatoms. The summed E-state index contributed by atoms with van der Waals surface area (Å²) in [7, 11) is 0. The molecule has 0 aliphatic carbocycles. The number of nitrogens with one attached hydrogen (secondary N) is 1. The first-order chi connectivity index (χ1) is 10.1. The molecule has 1 atom stereocenters. The van der Waals surface area contributed by atoms with Crippen molar-refractivity contribution in [2.24, 2.45) is 0 Å². The molecule has 0 bridgehead atoms. The Labute approximate surface area is 123 Å². The highest BCUT2D eigenvalue weighted by atomic mass is 16.7. The van der Waals surface area contributed by atoms with Crippen LogP contribution < -0.4 is 14.8 Å². The first kappa shape index (κ1) is 13.5. The third-order valence-electron chi connectivity index (χ3n) is 3.61. The Morgan fingerprint density at radius 1 is 1.10 bits per heavy atom. The summed E-state index contributed by atoms with van der Waals surface area (Å²) in [5.41, 5.74) is 2.87. The number of ether oxygens (including phenoxy) is 2. The maximum Gasteiger partial charge on any atom is 0.231 e. The number of benzene rings is 2. The van der Waals surface area contributed by atoms with Crippen molar-refractivity contribution < 1.29 is 14.3 Å². The van der Waals surface area contributed by atoms with Gasteiger partial charge in [0.25, 0.3) is 0 Å². The minimum Gasteiger partial charge on any atom is -0.454 e. The van der Waals surface area contributed by atoms with Gasteiger partial charge in [-0.1, -0.05) is 23.8 Å². The van der Waals surface area contributed by atoms with E-state index in [9.17, 15) is 4.79 Å². The highest BCUT2D eigenvalue weighted by Crippen LogP contribution is 2.34. The van der Waals surface area contributed by atoms with E-state index in [2.05, 4.69) is 5.32 Å². The molecule has 4 nitrogen and oxygen atoms in total.